The molecule has 3 aliphatic carbocycles. The van der Waals surface area contributed by atoms with Crippen molar-refractivity contribution in [3.8, 4) is 18.1 Å². The summed E-state index contributed by atoms with van der Waals surface area (Å²) in [5, 5.41) is 11.2. The molecule has 3 heteroatoms. The molecule has 0 spiro atoms. The number of aliphatic hydroxyl groups is 1. The van der Waals surface area contributed by atoms with Crippen LogP contribution in [0.2, 0.25) is 0 Å². The standard InChI is InChI=1S/C40H52O3/c1-4-6-7-8-9-10-11-12-13-14-15-16-17-18-19-20-21-22-38(41)43-33-24-26-34-32(31-33)23-25-36-35(34)27-29-39(3)37(36)28-30-40(39,42)5-2/h2,6-7,9-10,12-13,15-16,18-19,24,26,31,35-37,42H,4,8,11,14,17,20-23,25,27-30H2,1,3H3/b7-6-,10-9-,13-12-,16-15-,19-18-/t35-,36-,37+,39+,40+/m1/s1. The molecule has 0 heterocycles. The summed E-state index contributed by atoms with van der Waals surface area (Å²) < 4.78 is 5.73. The van der Waals surface area contributed by atoms with Gasteiger partial charge in [0.15, 0.2) is 0 Å². The van der Waals surface area contributed by atoms with Gasteiger partial charge in [-0.3, -0.25) is 4.79 Å². The lowest BCUT2D eigenvalue weighted by molar-refractivity contribution is -0.134. The van der Waals surface area contributed by atoms with Crippen LogP contribution in [0, 0.1) is 29.6 Å². The van der Waals surface area contributed by atoms with Gasteiger partial charge in [-0.05, 0) is 124 Å². The van der Waals surface area contributed by atoms with Crippen LogP contribution >= 0.6 is 0 Å². The smallest absolute Gasteiger partial charge is 0.311 e. The quantitative estimate of drug-likeness (QED) is 0.0783. The van der Waals surface area contributed by atoms with E-state index in [0.29, 0.717) is 29.9 Å². The summed E-state index contributed by atoms with van der Waals surface area (Å²) in [4.78, 5) is 12.5. The summed E-state index contributed by atoms with van der Waals surface area (Å²) in [5.41, 5.74) is 1.59. The van der Waals surface area contributed by atoms with Gasteiger partial charge in [0.2, 0.25) is 0 Å². The van der Waals surface area contributed by atoms with E-state index in [1.54, 1.807) is 0 Å². The highest BCUT2D eigenvalue weighted by Crippen LogP contribution is 2.64. The summed E-state index contributed by atoms with van der Waals surface area (Å²) in [5.74, 6) is 4.82. The molecule has 0 bridgehead atoms. The average molecular weight is 581 g/mol. The van der Waals surface area contributed by atoms with Gasteiger partial charge in [-0.1, -0.05) is 86.6 Å². The summed E-state index contributed by atoms with van der Waals surface area (Å²) >= 11 is 0. The third-order valence-electron chi connectivity index (χ3n) is 10.2. The molecule has 0 aliphatic heterocycles. The van der Waals surface area contributed by atoms with Gasteiger partial charge in [0.05, 0.1) is 0 Å². The van der Waals surface area contributed by atoms with Crippen LogP contribution in [-0.4, -0.2) is 16.7 Å². The molecule has 0 unspecified atom stereocenters. The van der Waals surface area contributed by atoms with Crippen LogP contribution in [0.3, 0.4) is 0 Å². The van der Waals surface area contributed by atoms with Crippen molar-refractivity contribution in [1.82, 2.24) is 0 Å². The van der Waals surface area contributed by atoms with Gasteiger partial charge >= 0.3 is 5.97 Å². The van der Waals surface area contributed by atoms with Crippen LogP contribution in [0.15, 0.2) is 79.0 Å². The Kier molecular flexibility index (Phi) is 12.3. The van der Waals surface area contributed by atoms with Crippen molar-refractivity contribution in [2.24, 2.45) is 17.3 Å². The molecule has 4 rings (SSSR count). The Balaban J connectivity index is 1.12. The second-order valence-corrected chi connectivity index (χ2v) is 12.8. The molecule has 0 saturated heterocycles. The number of carbonyl (C=O) groups excluding carboxylic acids is 1. The predicted molar refractivity (Wildman–Crippen MR) is 179 cm³/mol. The fourth-order valence-electron chi connectivity index (χ4n) is 7.79. The number of terminal acetylenes is 1. The minimum absolute atomic E-state index is 0.158. The fourth-order valence-corrected chi connectivity index (χ4v) is 7.79. The zero-order valence-corrected chi connectivity index (χ0v) is 26.5. The van der Waals surface area contributed by atoms with Gasteiger partial charge in [-0.2, -0.15) is 0 Å². The normalized spacial score (nSPS) is 28.6. The van der Waals surface area contributed by atoms with Crippen LogP contribution in [-0.2, 0) is 11.2 Å². The zero-order valence-electron chi connectivity index (χ0n) is 26.5. The Morgan fingerprint density at radius 3 is 2.26 bits per heavy atom. The van der Waals surface area contributed by atoms with E-state index in [9.17, 15) is 9.90 Å². The molecular weight excluding hydrogens is 528 g/mol. The summed E-state index contributed by atoms with van der Waals surface area (Å²) in [7, 11) is 0. The molecule has 5 atom stereocenters. The van der Waals surface area contributed by atoms with Crippen LogP contribution in [0.1, 0.15) is 114 Å². The topological polar surface area (TPSA) is 46.5 Å². The number of unbranched alkanes of at least 4 members (excludes halogenated alkanes) is 1. The van der Waals surface area contributed by atoms with Crippen molar-refractivity contribution in [2.45, 2.75) is 115 Å². The van der Waals surface area contributed by atoms with E-state index in [1.807, 2.05) is 6.07 Å². The van der Waals surface area contributed by atoms with E-state index < -0.39 is 5.60 Å². The molecule has 0 amide bonds. The lowest BCUT2D eigenvalue weighted by Gasteiger charge is -2.52. The number of hydrogen-bond donors (Lipinski definition) is 1. The Labute approximate surface area is 260 Å². The van der Waals surface area contributed by atoms with Crippen LogP contribution < -0.4 is 4.74 Å². The molecule has 1 aromatic carbocycles. The molecule has 1 aromatic rings. The third kappa shape index (κ3) is 8.30. The molecular formula is C40H52O3. The van der Waals surface area contributed by atoms with Gasteiger partial charge < -0.3 is 9.84 Å². The second-order valence-electron chi connectivity index (χ2n) is 12.8. The van der Waals surface area contributed by atoms with Crippen LogP contribution in [0.4, 0.5) is 0 Å². The number of ether oxygens (including phenoxy) is 1. The van der Waals surface area contributed by atoms with E-state index in [1.165, 1.54) is 11.1 Å². The molecule has 3 nitrogen and oxygen atoms in total. The molecule has 2 fully saturated rings. The minimum Gasteiger partial charge on any atom is -0.427 e. The summed E-state index contributed by atoms with van der Waals surface area (Å²) in [6, 6.07) is 6.26. The van der Waals surface area contributed by atoms with Crippen molar-refractivity contribution in [3.63, 3.8) is 0 Å². The van der Waals surface area contributed by atoms with Crippen molar-refractivity contribution in [2.75, 3.05) is 0 Å². The maximum absolute atomic E-state index is 12.5. The van der Waals surface area contributed by atoms with Crippen LogP contribution in [0.25, 0.3) is 0 Å². The first-order valence-corrected chi connectivity index (χ1v) is 16.7. The molecule has 230 valence electrons. The van der Waals surface area contributed by atoms with Crippen molar-refractivity contribution >= 4 is 5.97 Å². The Morgan fingerprint density at radius 1 is 0.953 bits per heavy atom. The number of carbonyl (C=O) groups is 1. The molecule has 1 N–H and O–H groups in total. The van der Waals surface area contributed by atoms with Crippen LogP contribution in [0.5, 0.6) is 5.75 Å². The van der Waals surface area contributed by atoms with E-state index in [2.05, 4.69) is 92.7 Å². The number of esters is 1. The number of fused-ring (bicyclic) bond motifs is 5. The van der Waals surface area contributed by atoms with Crippen molar-refractivity contribution < 1.29 is 14.6 Å². The zero-order chi connectivity index (χ0) is 30.5. The lowest BCUT2D eigenvalue weighted by Crippen LogP contribution is -2.50. The van der Waals surface area contributed by atoms with E-state index in [0.717, 1.165) is 83.5 Å². The second kappa shape index (κ2) is 16.1. The lowest BCUT2D eigenvalue weighted by atomic mass is 9.53. The maximum atomic E-state index is 12.5. The Morgan fingerprint density at radius 2 is 1.60 bits per heavy atom. The predicted octanol–water partition coefficient (Wildman–Crippen LogP) is 9.73. The minimum atomic E-state index is -0.964. The fraction of sp³-hybridized carbons (Fsp3) is 0.525. The van der Waals surface area contributed by atoms with Gasteiger partial charge in [-0.15, -0.1) is 6.42 Å². The van der Waals surface area contributed by atoms with E-state index in [4.69, 9.17) is 11.2 Å². The van der Waals surface area contributed by atoms with E-state index in [-0.39, 0.29) is 11.4 Å². The largest absolute Gasteiger partial charge is 0.427 e. The third-order valence-corrected chi connectivity index (χ3v) is 10.2. The first kappa shape index (κ1) is 32.8. The number of benzene rings is 1. The molecule has 0 radical (unpaired) electrons. The first-order valence-electron chi connectivity index (χ1n) is 16.7. The number of hydrogen-bond acceptors (Lipinski definition) is 3. The monoisotopic (exact) mass is 580 g/mol. The molecule has 0 aromatic heterocycles. The van der Waals surface area contributed by atoms with Gasteiger partial charge in [0, 0.05) is 11.8 Å². The highest BCUT2D eigenvalue weighted by atomic mass is 16.5. The number of allylic oxidation sites excluding steroid dienone is 10. The summed E-state index contributed by atoms with van der Waals surface area (Å²) in [6.07, 6.45) is 40.7. The van der Waals surface area contributed by atoms with Gasteiger partial charge in [0.1, 0.15) is 11.4 Å². The summed E-state index contributed by atoms with van der Waals surface area (Å²) in [6.45, 7) is 4.38. The number of aryl methyl sites for hydroxylation is 1. The number of rotatable bonds is 14. The molecule has 43 heavy (non-hydrogen) atoms. The van der Waals surface area contributed by atoms with Crippen molar-refractivity contribution in [1.29, 1.82) is 0 Å². The van der Waals surface area contributed by atoms with Gasteiger partial charge in [0.25, 0.3) is 0 Å². The SMILES string of the molecule is C#C[C@]1(O)CC[C@H]2[C@@H]3CCc4cc(OC(=O)CCC/C=C\C/C=C\C/C=C\C/C=C\C/C=C\CC)ccc4[C@H]3CC[C@@]21C. The molecule has 3 aliphatic rings. The average Bonchev–Trinajstić information content (AvgIpc) is 3.29. The first-order chi connectivity index (χ1) is 20.9. The Bertz CT molecular complexity index is 1260. The Hall–Kier alpha value is -3.09. The maximum Gasteiger partial charge on any atom is 0.311 e. The van der Waals surface area contributed by atoms with E-state index >= 15 is 0 Å². The van der Waals surface area contributed by atoms with Gasteiger partial charge in [-0.25, -0.2) is 0 Å². The van der Waals surface area contributed by atoms with Crippen molar-refractivity contribution in [3.05, 3.63) is 90.1 Å². The highest BCUT2D eigenvalue weighted by molar-refractivity contribution is 5.72. The molecule has 2 saturated carbocycles. The highest BCUT2D eigenvalue weighted by Gasteiger charge is 2.61.